The number of carbonyl (C=O) groups excluding carboxylic acids is 1. The number of aryl methyl sites for hydroxylation is 1. The second-order valence-corrected chi connectivity index (χ2v) is 7.33. The van der Waals surface area contributed by atoms with E-state index in [2.05, 4.69) is 31.2 Å². The summed E-state index contributed by atoms with van der Waals surface area (Å²) in [7, 11) is 1.65. The Kier molecular flexibility index (Phi) is 5.75. The van der Waals surface area contributed by atoms with Gasteiger partial charge in [-0.3, -0.25) is 4.79 Å². The maximum atomic E-state index is 13.1. The molecule has 1 amide bonds. The third-order valence-electron chi connectivity index (χ3n) is 5.24. The van der Waals surface area contributed by atoms with Crippen LogP contribution < -0.4 is 4.74 Å². The van der Waals surface area contributed by atoms with Crippen LogP contribution in [0.1, 0.15) is 34.7 Å². The zero-order valence-electron chi connectivity index (χ0n) is 17.2. The van der Waals surface area contributed by atoms with Gasteiger partial charge in [0.1, 0.15) is 5.75 Å². The Balaban J connectivity index is 1.64. The van der Waals surface area contributed by atoms with Crippen LogP contribution in [-0.4, -0.2) is 23.7 Å². The predicted octanol–water partition coefficient (Wildman–Crippen LogP) is 5.39. The molecule has 4 heteroatoms. The molecule has 4 rings (SSSR count). The van der Waals surface area contributed by atoms with Crippen LogP contribution in [0.4, 0.5) is 0 Å². The number of benzene rings is 3. The van der Waals surface area contributed by atoms with Gasteiger partial charge in [-0.15, -0.1) is 0 Å². The molecule has 30 heavy (non-hydrogen) atoms. The lowest BCUT2D eigenvalue weighted by atomic mass is 9.97. The normalized spacial score (nSPS) is 16.0. The number of hydrogen-bond acceptors (Lipinski definition) is 3. The van der Waals surface area contributed by atoms with Crippen LogP contribution in [0.5, 0.6) is 5.75 Å². The Labute approximate surface area is 177 Å². The molecule has 0 fully saturated rings. The first-order valence-corrected chi connectivity index (χ1v) is 9.99. The number of nitrogens with zero attached hydrogens (tertiary/aromatic N) is 2. The molecule has 1 atom stereocenters. The minimum atomic E-state index is -0.132. The molecule has 0 saturated heterocycles. The summed E-state index contributed by atoms with van der Waals surface area (Å²) in [6, 6.07) is 25.8. The predicted molar refractivity (Wildman–Crippen MR) is 120 cm³/mol. The van der Waals surface area contributed by atoms with E-state index in [4.69, 9.17) is 9.84 Å². The Morgan fingerprint density at radius 3 is 2.37 bits per heavy atom. The van der Waals surface area contributed by atoms with Gasteiger partial charge in [0.25, 0.3) is 5.91 Å². The summed E-state index contributed by atoms with van der Waals surface area (Å²) < 4.78 is 5.25. The number of hydrazone groups is 1. The number of carbonyl (C=O) groups is 1. The summed E-state index contributed by atoms with van der Waals surface area (Å²) in [6.45, 7) is 2.06. The van der Waals surface area contributed by atoms with E-state index >= 15 is 0 Å². The monoisotopic (exact) mass is 396 g/mol. The third kappa shape index (κ3) is 4.33. The van der Waals surface area contributed by atoms with Gasteiger partial charge in [-0.25, -0.2) is 5.01 Å². The van der Waals surface area contributed by atoms with Gasteiger partial charge in [-0.05, 0) is 54.0 Å². The molecule has 1 aliphatic heterocycles. The van der Waals surface area contributed by atoms with Crippen molar-refractivity contribution in [2.75, 3.05) is 7.11 Å². The second-order valence-electron chi connectivity index (χ2n) is 7.33. The van der Waals surface area contributed by atoms with Crippen LogP contribution in [0.2, 0.25) is 0 Å². The number of methoxy groups -OCH3 is 1. The molecule has 0 N–H and O–H groups in total. The number of amides is 1. The fraction of sp³-hybridized carbons (Fsp3) is 0.154. The van der Waals surface area contributed by atoms with Crippen molar-refractivity contribution in [1.82, 2.24) is 5.01 Å². The van der Waals surface area contributed by atoms with Crippen molar-refractivity contribution in [3.8, 4) is 5.75 Å². The lowest BCUT2D eigenvalue weighted by Crippen LogP contribution is -2.25. The summed E-state index contributed by atoms with van der Waals surface area (Å²) in [5, 5.41) is 6.32. The lowest BCUT2D eigenvalue weighted by Gasteiger charge is -2.21. The average Bonchev–Trinajstić information content (AvgIpc) is 3.24. The molecule has 0 bridgehead atoms. The molecular weight excluding hydrogens is 372 g/mol. The van der Waals surface area contributed by atoms with Gasteiger partial charge in [-0.1, -0.05) is 60.2 Å². The van der Waals surface area contributed by atoms with Gasteiger partial charge >= 0.3 is 0 Å². The summed E-state index contributed by atoms with van der Waals surface area (Å²) in [5.74, 6) is 0.666. The molecule has 0 unspecified atom stereocenters. The molecule has 1 aliphatic rings. The first-order valence-electron chi connectivity index (χ1n) is 9.99. The topological polar surface area (TPSA) is 41.9 Å². The molecule has 3 aromatic carbocycles. The standard InChI is InChI=1S/C26H24N2O2/c1-19-8-11-22(12-9-19)25-18-24(21-13-15-23(30-2)16-14-21)27-28(25)26(29)17-10-20-6-4-3-5-7-20/h3-17,25H,18H2,1-2H3/b17-10+/t25-/m1/s1. The molecule has 0 spiro atoms. The van der Waals surface area contributed by atoms with E-state index in [1.807, 2.05) is 60.7 Å². The zero-order valence-corrected chi connectivity index (χ0v) is 17.2. The van der Waals surface area contributed by atoms with Crippen molar-refractivity contribution in [1.29, 1.82) is 0 Å². The third-order valence-corrected chi connectivity index (χ3v) is 5.24. The molecule has 4 nitrogen and oxygen atoms in total. The van der Waals surface area contributed by atoms with Gasteiger partial charge in [0.15, 0.2) is 0 Å². The Bertz CT molecular complexity index is 1070. The molecule has 0 radical (unpaired) electrons. The lowest BCUT2D eigenvalue weighted by molar-refractivity contribution is -0.127. The summed E-state index contributed by atoms with van der Waals surface area (Å²) >= 11 is 0. The van der Waals surface area contributed by atoms with E-state index in [1.54, 1.807) is 18.2 Å². The fourth-order valence-corrected chi connectivity index (χ4v) is 3.53. The van der Waals surface area contributed by atoms with Crippen molar-refractivity contribution in [2.24, 2.45) is 5.10 Å². The van der Waals surface area contributed by atoms with Crippen LogP contribution in [0, 0.1) is 6.92 Å². The van der Waals surface area contributed by atoms with E-state index < -0.39 is 0 Å². The zero-order chi connectivity index (χ0) is 20.9. The van der Waals surface area contributed by atoms with Gasteiger partial charge in [0, 0.05) is 12.5 Å². The first-order chi connectivity index (χ1) is 14.6. The smallest absolute Gasteiger partial charge is 0.267 e. The maximum absolute atomic E-state index is 13.1. The van der Waals surface area contributed by atoms with E-state index in [0.29, 0.717) is 6.42 Å². The highest BCUT2D eigenvalue weighted by atomic mass is 16.5. The van der Waals surface area contributed by atoms with Gasteiger partial charge in [0.05, 0.1) is 18.9 Å². The SMILES string of the molecule is COc1ccc(C2=NN(C(=O)/C=C/c3ccccc3)[C@@H](c3ccc(C)cc3)C2)cc1. The molecule has 3 aromatic rings. The largest absolute Gasteiger partial charge is 0.497 e. The van der Waals surface area contributed by atoms with Crippen molar-refractivity contribution in [3.63, 3.8) is 0 Å². The van der Waals surface area contributed by atoms with Crippen molar-refractivity contribution in [3.05, 3.63) is 107 Å². The van der Waals surface area contributed by atoms with Gasteiger partial charge in [0.2, 0.25) is 0 Å². The summed E-state index contributed by atoms with van der Waals surface area (Å²) in [5.41, 5.74) is 5.14. The maximum Gasteiger partial charge on any atom is 0.267 e. The highest BCUT2D eigenvalue weighted by molar-refractivity contribution is 6.04. The molecule has 0 saturated carbocycles. The van der Waals surface area contributed by atoms with Crippen molar-refractivity contribution >= 4 is 17.7 Å². The van der Waals surface area contributed by atoms with Gasteiger partial charge < -0.3 is 4.74 Å². The molecule has 0 aliphatic carbocycles. The minimum absolute atomic E-state index is 0.129. The second kappa shape index (κ2) is 8.78. The van der Waals surface area contributed by atoms with E-state index in [-0.39, 0.29) is 11.9 Å². The van der Waals surface area contributed by atoms with Crippen LogP contribution in [-0.2, 0) is 4.79 Å². The molecule has 0 aromatic heterocycles. The number of hydrogen-bond donors (Lipinski definition) is 0. The Morgan fingerprint density at radius 2 is 1.70 bits per heavy atom. The van der Waals surface area contributed by atoms with Crippen LogP contribution in [0.3, 0.4) is 0 Å². The van der Waals surface area contributed by atoms with Crippen molar-refractivity contribution < 1.29 is 9.53 Å². The Hall–Kier alpha value is -3.66. The Morgan fingerprint density at radius 1 is 1.00 bits per heavy atom. The van der Waals surface area contributed by atoms with Crippen LogP contribution >= 0.6 is 0 Å². The van der Waals surface area contributed by atoms with E-state index in [1.165, 1.54) is 5.56 Å². The highest BCUT2D eigenvalue weighted by Crippen LogP contribution is 2.33. The minimum Gasteiger partial charge on any atom is -0.497 e. The number of rotatable bonds is 5. The average molecular weight is 396 g/mol. The first kappa shape index (κ1) is 19.6. The highest BCUT2D eigenvalue weighted by Gasteiger charge is 2.32. The van der Waals surface area contributed by atoms with Gasteiger partial charge in [-0.2, -0.15) is 5.10 Å². The molecular formula is C26H24N2O2. The quantitative estimate of drug-likeness (QED) is 0.542. The summed E-state index contributed by atoms with van der Waals surface area (Å²) in [6.07, 6.45) is 4.09. The van der Waals surface area contributed by atoms with Crippen molar-refractivity contribution in [2.45, 2.75) is 19.4 Å². The van der Waals surface area contributed by atoms with E-state index in [9.17, 15) is 4.79 Å². The molecule has 150 valence electrons. The van der Waals surface area contributed by atoms with Crippen LogP contribution in [0.25, 0.3) is 6.08 Å². The summed E-state index contributed by atoms with van der Waals surface area (Å²) in [4.78, 5) is 13.1. The number of ether oxygens (including phenoxy) is 1. The van der Waals surface area contributed by atoms with Crippen LogP contribution in [0.15, 0.2) is 90.0 Å². The van der Waals surface area contributed by atoms with E-state index in [0.717, 1.165) is 28.2 Å². The fourth-order valence-electron chi connectivity index (χ4n) is 3.53. The molecule has 1 heterocycles.